The third-order valence-corrected chi connectivity index (χ3v) is 7.78. The predicted molar refractivity (Wildman–Crippen MR) is 138 cm³/mol. The lowest BCUT2D eigenvalue weighted by Crippen LogP contribution is -1.91. The van der Waals surface area contributed by atoms with E-state index >= 15 is 0 Å². The summed E-state index contributed by atoms with van der Waals surface area (Å²) < 4.78 is 0. The van der Waals surface area contributed by atoms with E-state index in [1.165, 1.54) is 46.6 Å². The van der Waals surface area contributed by atoms with Gasteiger partial charge < -0.3 is 0 Å². The Bertz CT molecular complexity index is 1080. The number of rotatable bonds is 13. The molecular formula is C26H32N6S2. The Balaban J connectivity index is 1.07. The third kappa shape index (κ3) is 7.46. The second kappa shape index (κ2) is 12.8. The minimum atomic E-state index is 0.803. The maximum atomic E-state index is 4.64. The lowest BCUT2D eigenvalue weighted by Gasteiger charge is -2.01. The van der Waals surface area contributed by atoms with Gasteiger partial charge in [-0.1, -0.05) is 62.1 Å². The fourth-order valence-electron chi connectivity index (χ4n) is 3.70. The van der Waals surface area contributed by atoms with E-state index in [0.29, 0.717) is 0 Å². The van der Waals surface area contributed by atoms with Gasteiger partial charge in [0, 0.05) is 22.6 Å². The van der Waals surface area contributed by atoms with E-state index in [1.54, 1.807) is 23.5 Å². The van der Waals surface area contributed by atoms with Crippen molar-refractivity contribution in [1.82, 2.24) is 30.4 Å². The fraction of sp³-hybridized carbons (Fsp3) is 0.385. The third-order valence-electron chi connectivity index (χ3n) is 5.69. The summed E-state index contributed by atoms with van der Waals surface area (Å²) in [6.45, 7) is 4.23. The maximum absolute atomic E-state index is 4.64. The first-order chi connectivity index (χ1) is 16.7. The first-order valence-electron chi connectivity index (χ1n) is 12.0. The molecule has 178 valence electrons. The van der Waals surface area contributed by atoms with Crippen molar-refractivity contribution in [2.45, 2.75) is 85.3 Å². The van der Waals surface area contributed by atoms with Crippen molar-refractivity contribution in [2.75, 3.05) is 0 Å². The van der Waals surface area contributed by atoms with Crippen LogP contribution in [0.25, 0.3) is 0 Å². The Morgan fingerprint density at radius 1 is 0.588 bits per heavy atom. The highest BCUT2D eigenvalue weighted by Gasteiger charge is 2.08. The molecule has 4 aromatic rings. The number of benzene rings is 2. The molecule has 0 amide bonds. The average molecular weight is 493 g/mol. The van der Waals surface area contributed by atoms with Crippen molar-refractivity contribution >= 4 is 23.5 Å². The normalized spacial score (nSPS) is 11.2. The SMILES string of the molecule is Cc1ccccc1Sc1n[nH]c(CCCCCCCCc2nc(Sc3ccccc3C)n[nH]2)n1. The highest BCUT2D eigenvalue weighted by molar-refractivity contribution is 7.99. The van der Waals surface area contributed by atoms with Crippen LogP contribution in [0.5, 0.6) is 0 Å². The van der Waals surface area contributed by atoms with Crippen LogP contribution in [0.3, 0.4) is 0 Å². The largest absolute Gasteiger partial charge is 0.262 e. The van der Waals surface area contributed by atoms with Gasteiger partial charge in [-0.3, -0.25) is 10.2 Å². The van der Waals surface area contributed by atoms with E-state index in [4.69, 9.17) is 0 Å². The lowest BCUT2D eigenvalue weighted by atomic mass is 10.1. The molecule has 4 rings (SSSR count). The van der Waals surface area contributed by atoms with E-state index in [0.717, 1.165) is 47.6 Å². The molecule has 8 heteroatoms. The number of H-pyrrole nitrogens is 2. The average Bonchev–Trinajstić information content (AvgIpc) is 3.48. The van der Waals surface area contributed by atoms with Crippen LogP contribution in [-0.2, 0) is 12.8 Å². The van der Waals surface area contributed by atoms with Gasteiger partial charge in [0.05, 0.1) is 0 Å². The van der Waals surface area contributed by atoms with Gasteiger partial charge >= 0.3 is 0 Å². The van der Waals surface area contributed by atoms with Crippen molar-refractivity contribution in [3.8, 4) is 0 Å². The Morgan fingerprint density at radius 3 is 1.44 bits per heavy atom. The quantitative estimate of drug-likeness (QED) is 0.196. The van der Waals surface area contributed by atoms with E-state index in [1.807, 2.05) is 0 Å². The molecule has 0 fully saturated rings. The highest BCUT2D eigenvalue weighted by Crippen LogP contribution is 2.28. The molecule has 0 aliphatic heterocycles. The van der Waals surface area contributed by atoms with Crippen molar-refractivity contribution in [2.24, 2.45) is 0 Å². The Labute approximate surface area is 210 Å². The first kappa shape index (κ1) is 24.5. The van der Waals surface area contributed by atoms with E-state index < -0.39 is 0 Å². The van der Waals surface area contributed by atoms with E-state index in [9.17, 15) is 0 Å². The number of unbranched alkanes of at least 4 members (excludes halogenated alkanes) is 5. The summed E-state index contributed by atoms with van der Waals surface area (Å²) in [5.41, 5.74) is 2.51. The summed E-state index contributed by atoms with van der Waals surface area (Å²) in [6.07, 6.45) is 9.16. The van der Waals surface area contributed by atoms with Crippen molar-refractivity contribution < 1.29 is 0 Å². The number of hydrogen-bond acceptors (Lipinski definition) is 6. The molecule has 2 aromatic heterocycles. The van der Waals surface area contributed by atoms with Crippen LogP contribution in [0, 0.1) is 13.8 Å². The lowest BCUT2D eigenvalue weighted by molar-refractivity contribution is 0.584. The molecule has 0 unspecified atom stereocenters. The van der Waals surface area contributed by atoms with Gasteiger partial charge in [-0.25, -0.2) is 9.97 Å². The van der Waals surface area contributed by atoms with Crippen LogP contribution < -0.4 is 0 Å². The molecule has 2 aromatic carbocycles. The van der Waals surface area contributed by atoms with Crippen LogP contribution in [0.4, 0.5) is 0 Å². The minimum Gasteiger partial charge on any atom is -0.262 e. The fourth-order valence-corrected chi connectivity index (χ4v) is 5.34. The molecule has 0 aliphatic carbocycles. The Kier molecular flexibility index (Phi) is 9.21. The molecule has 34 heavy (non-hydrogen) atoms. The smallest absolute Gasteiger partial charge is 0.213 e. The zero-order chi connectivity index (χ0) is 23.6. The second-order valence-electron chi connectivity index (χ2n) is 8.49. The van der Waals surface area contributed by atoms with Gasteiger partial charge in [-0.05, 0) is 73.5 Å². The number of aromatic nitrogens is 6. The van der Waals surface area contributed by atoms with Crippen LogP contribution in [0.2, 0.25) is 0 Å². The molecule has 0 aliphatic rings. The topological polar surface area (TPSA) is 83.1 Å². The van der Waals surface area contributed by atoms with Crippen LogP contribution in [0.1, 0.15) is 61.3 Å². The molecule has 2 N–H and O–H groups in total. The molecule has 0 bridgehead atoms. The van der Waals surface area contributed by atoms with Gasteiger partial charge in [0.15, 0.2) is 0 Å². The summed E-state index contributed by atoms with van der Waals surface area (Å²) in [5, 5.41) is 16.5. The minimum absolute atomic E-state index is 0.803. The van der Waals surface area contributed by atoms with Gasteiger partial charge in [0.25, 0.3) is 0 Å². The second-order valence-corrected chi connectivity index (χ2v) is 10.5. The molecule has 6 nitrogen and oxygen atoms in total. The standard InChI is InChI=1S/C26H32N6S2/c1-19-13-9-11-15-21(19)33-25-27-23(29-31-25)17-7-5-3-4-6-8-18-24-28-26(32-30-24)34-22-16-12-10-14-20(22)2/h9-16H,3-8,17-18H2,1-2H3,(H,27,29,31)(H,28,30,32). The summed E-state index contributed by atoms with van der Waals surface area (Å²) >= 11 is 3.24. The number of aromatic amines is 2. The van der Waals surface area contributed by atoms with E-state index in [-0.39, 0.29) is 0 Å². The van der Waals surface area contributed by atoms with Crippen molar-refractivity contribution in [3.63, 3.8) is 0 Å². The summed E-state index contributed by atoms with van der Waals surface area (Å²) in [7, 11) is 0. The van der Waals surface area contributed by atoms with E-state index in [2.05, 4.69) is 92.7 Å². The molecule has 0 atom stereocenters. The number of nitrogens with one attached hydrogen (secondary N) is 2. The van der Waals surface area contributed by atoms with Crippen LogP contribution in [-0.4, -0.2) is 30.4 Å². The van der Waals surface area contributed by atoms with Gasteiger partial charge in [-0.2, -0.15) is 0 Å². The zero-order valence-electron chi connectivity index (χ0n) is 19.9. The highest BCUT2D eigenvalue weighted by atomic mass is 32.2. The molecule has 0 saturated carbocycles. The molecular weight excluding hydrogens is 460 g/mol. The van der Waals surface area contributed by atoms with Gasteiger partial charge in [0.1, 0.15) is 11.6 Å². The predicted octanol–water partition coefficient (Wildman–Crippen LogP) is 6.97. The molecule has 0 radical (unpaired) electrons. The Hall–Kier alpha value is -2.58. The van der Waals surface area contributed by atoms with Crippen molar-refractivity contribution in [3.05, 3.63) is 71.3 Å². The summed E-state index contributed by atoms with van der Waals surface area (Å²) in [4.78, 5) is 11.7. The summed E-state index contributed by atoms with van der Waals surface area (Å²) in [5.74, 6) is 1.97. The Morgan fingerprint density at radius 2 is 1.00 bits per heavy atom. The molecule has 0 saturated heterocycles. The molecule has 2 heterocycles. The monoisotopic (exact) mass is 492 g/mol. The number of aryl methyl sites for hydroxylation is 4. The maximum Gasteiger partial charge on any atom is 0.213 e. The van der Waals surface area contributed by atoms with Crippen LogP contribution >= 0.6 is 23.5 Å². The van der Waals surface area contributed by atoms with Gasteiger partial charge in [-0.15, -0.1) is 10.2 Å². The number of hydrogen-bond donors (Lipinski definition) is 2. The first-order valence-corrected chi connectivity index (χ1v) is 13.6. The number of nitrogens with zero attached hydrogens (tertiary/aromatic N) is 4. The molecule has 0 spiro atoms. The summed E-state index contributed by atoms with van der Waals surface area (Å²) in [6, 6.07) is 16.7. The van der Waals surface area contributed by atoms with Crippen LogP contribution in [0.15, 0.2) is 68.6 Å². The van der Waals surface area contributed by atoms with Crippen molar-refractivity contribution in [1.29, 1.82) is 0 Å². The van der Waals surface area contributed by atoms with Gasteiger partial charge in [0.2, 0.25) is 10.3 Å². The zero-order valence-corrected chi connectivity index (χ0v) is 21.5.